The molecule has 0 spiro atoms. The highest BCUT2D eigenvalue weighted by Crippen LogP contribution is 2.30. The molecule has 2 aliphatic rings. The normalized spacial score (nSPS) is 16.8. The molecule has 0 aliphatic carbocycles. The van der Waals surface area contributed by atoms with Crippen LogP contribution >= 0.6 is 0 Å². The summed E-state index contributed by atoms with van der Waals surface area (Å²) in [6.45, 7) is 1.50. The summed E-state index contributed by atoms with van der Waals surface area (Å²) in [5.74, 6) is 2.27. The number of hydrogen-bond donors (Lipinski definition) is 2. The quantitative estimate of drug-likeness (QED) is 0.471. The first-order chi connectivity index (χ1) is 17.1. The molecule has 5 rings (SSSR count). The molecule has 2 aliphatic heterocycles. The molecule has 0 radical (unpaired) electrons. The predicted octanol–water partition coefficient (Wildman–Crippen LogP) is 2.38. The monoisotopic (exact) mass is 476 g/mol. The number of methoxy groups -OCH3 is 1. The number of cyclic esters (lactones) is 1. The van der Waals surface area contributed by atoms with Crippen molar-refractivity contribution in [1.29, 1.82) is 0 Å². The Bertz CT molecular complexity index is 1250. The number of nitrogens with one attached hydrogen (secondary N) is 2. The summed E-state index contributed by atoms with van der Waals surface area (Å²) >= 11 is 0. The lowest BCUT2D eigenvalue weighted by atomic mass is 10.2. The molecule has 0 bridgehead atoms. The van der Waals surface area contributed by atoms with E-state index < -0.39 is 6.09 Å². The van der Waals surface area contributed by atoms with E-state index in [1.807, 2.05) is 30.3 Å². The molecule has 11 nitrogen and oxygen atoms in total. The first kappa shape index (κ1) is 22.5. The number of nitrogens with zero attached hydrogens (tertiary/aromatic N) is 4. The van der Waals surface area contributed by atoms with E-state index in [9.17, 15) is 9.59 Å². The zero-order valence-corrected chi connectivity index (χ0v) is 19.1. The lowest BCUT2D eigenvalue weighted by molar-refractivity contribution is -0.118. The van der Waals surface area contributed by atoms with Crippen LogP contribution in [0.5, 0.6) is 11.5 Å². The summed E-state index contributed by atoms with van der Waals surface area (Å²) in [6.07, 6.45) is 1.61. The van der Waals surface area contributed by atoms with Crippen LogP contribution in [0.4, 0.5) is 16.4 Å². The van der Waals surface area contributed by atoms with Gasteiger partial charge in [0.25, 0.3) is 5.91 Å². The fraction of sp³-hybridized carbons (Fsp3) is 0.292. The number of amides is 2. The minimum absolute atomic E-state index is 0.0494. The Balaban J connectivity index is 1.13. The van der Waals surface area contributed by atoms with Gasteiger partial charge in [-0.1, -0.05) is 12.1 Å². The van der Waals surface area contributed by atoms with Crippen LogP contribution in [0, 0.1) is 0 Å². The molecule has 2 amide bonds. The van der Waals surface area contributed by atoms with Crippen molar-refractivity contribution in [3.05, 3.63) is 54.4 Å². The average Bonchev–Trinajstić information content (AvgIpc) is 3.26. The maximum atomic E-state index is 12.4. The highest BCUT2D eigenvalue weighted by molar-refractivity contribution is 5.95. The van der Waals surface area contributed by atoms with Crippen molar-refractivity contribution in [2.75, 3.05) is 37.0 Å². The van der Waals surface area contributed by atoms with Crippen LogP contribution in [0.3, 0.4) is 0 Å². The summed E-state index contributed by atoms with van der Waals surface area (Å²) in [7, 11) is 1.62. The van der Waals surface area contributed by atoms with E-state index in [-0.39, 0.29) is 18.6 Å². The third-order valence-corrected chi connectivity index (χ3v) is 5.60. The van der Waals surface area contributed by atoms with Gasteiger partial charge < -0.3 is 24.8 Å². The van der Waals surface area contributed by atoms with Gasteiger partial charge in [0.15, 0.2) is 24.0 Å². The molecule has 11 heteroatoms. The number of carbonyl (C=O) groups excluding carboxylic acids is 2. The van der Waals surface area contributed by atoms with Crippen LogP contribution in [-0.2, 0) is 16.1 Å². The van der Waals surface area contributed by atoms with Gasteiger partial charge in [-0.2, -0.15) is 0 Å². The van der Waals surface area contributed by atoms with Gasteiger partial charge >= 0.3 is 6.09 Å². The predicted molar refractivity (Wildman–Crippen MR) is 126 cm³/mol. The number of aromatic nitrogens is 3. The van der Waals surface area contributed by atoms with E-state index in [2.05, 4.69) is 25.6 Å². The zero-order valence-electron chi connectivity index (χ0n) is 19.1. The van der Waals surface area contributed by atoms with Crippen molar-refractivity contribution < 1.29 is 23.8 Å². The third kappa shape index (κ3) is 5.14. The molecular formula is C24H24N6O5. The van der Waals surface area contributed by atoms with E-state index in [0.717, 1.165) is 17.0 Å². The van der Waals surface area contributed by atoms with Crippen molar-refractivity contribution in [1.82, 2.24) is 20.3 Å². The molecule has 4 heterocycles. The molecule has 180 valence electrons. The van der Waals surface area contributed by atoms with Gasteiger partial charge in [0.05, 0.1) is 19.3 Å². The van der Waals surface area contributed by atoms with Crippen LogP contribution in [0.1, 0.15) is 12.1 Å². The molecule has 0 saturated carbocycles. The number of hydrogen-bond acceptors (Lipinski definition) is 9. The largest absolute Gasteiger partial charge is 0.497 e. The summed E-state index contributed by atoms with van der Waals surface area (Å²) < 4.78 is 16.1. The van der Waals surface area contributed by atoms with Crippen molar-refractivity contribution in [3.63, 3.8) is 0 Å². The van der Waals surface area contributed by atoms with E-state index >= 15 is 0 Å². The molecule has 2 aromatic heterocycles. The zero-order chi connectivity index (χ0) is 24.2. The maximum Gasteiger partial charge on any atom is 0.415 e. The second-order valence-corrected chi connectivity index (χ2v) is 8.04. The van der Waals surface area contributed by atoms with Crippen LogP contribution in [0.2, 0.25) is 0 Å². The van der Waals surface area contributed by atoms with Crippen LogP contribution in [-0.4, -0.2) is 59.9 Å². The Morgan fingerprint density at radius 2 is 2.11 bits per heavy atom. The van der Waals surface area contributed by atoms with Gasteiger partial charge in [-0.3, -0.25) is 9.69 Å². The molecule has 1 atom stereocenters. The second kappa shape index (κ2) is 9.94. The minimum atomic E-state index is -0.468. The van der Waals surface area contributed by atoms with Crippen LogP contribution in [0.25, 0.3) is 11.4 Å². The standard InChI is InChI=1S/C24H24N6O5/c1-33-17-4-2-3-15(11-17)22-26-10-7-16(27-22)12-25-9-8-18-13-30(24(32)35-18)20-6-5-19-23(28-20)29-21(31)14-34-19/h2-7,10-11,18,25H,8-9,12-14H2,1H3,(H,28,29,31)/t18-/m0/s1. The summed E-state index contributed by atoms with van der Waals surface area (Å²) in [4.78, 5) is 38.7. The lowest BCUT2D eigenvalue weighted by Gasteiger charge is -2.19. The SMILES string of the molecule is COc1cccc(-c2nccc(CNCC[C@H]3CN(c4ccc5c(n4)NC(=O)CO5)C(=O)O3)n2)c1. The first-order valence-electron chi connectivity index (χ1n) is 11.2. The smallest absolute Gasteiger partial charge is 0.415 e. The van der Waals surface area contributed by atoms with Crippen molar-refractivity contribution in [2.24, 2.45) is 0 Å². The Morgan fingerprint density at radius 1 is 1.20 bits per heavy atom. The fourth-order valence-corrected chi connectivity index (χ4v) is 3.84. The Hall–Kier alpha value is -4.25. The van der Waals surface area contributed by atoms with E-state index in [1.165, 1.54) is 4.90 Å². The number of rotatable bonds is 8. The molecule has 35 heavy (non-hydrogen) atoms. The van der Waals surface area contributed by atoms with E-state index in [0.29, 0.717) is 49.3 Å². The summed E-state index contributed by atoms with van der Waals surface area (Å²) in [5, 5.41) is 5.99. The lowest BCUT2D eigenvalue weighted by Crippen LogP contribution is -2.29. The number of fused-ring (bicyclic) bond motifs is 1. The van der Waals surface area contributed by atoms with Crippen LogP contribution < -0.4 is 25.0 Å². The van der Waals surface area contributed by atoms with Crippen molar-refractivity contribution in [3.8, 4) is 22.9 Å². The van der Waals surface area contributed by atoms with Crippen LogP contribution in [0.15, 0.2) is 48.7 Å². The first-order valence-corrected chi connectivity index (χ1v) is 11.2. The highest BCUT2D eigenvalue weighted by Gasteiger charge is 2.33. The molecule has 1 saturated heterocycles. The van der Waals surface area contributed by atoms with Gasteiger partial charge in [-0.15, -0.1) is 0 Å². The summed E-state index contributed by atoms with van der Waals surface area (Å²) in [6, 6.07) is 12.8. The number of benzene rings is 1. The second-order valence-electron chi connectivity index (χ2n) is 8.04. The maximum absolute atomic E-state index is 12.4. The topological polar surface area (TPSA) is 128 Å². The number of ether oxygens (including phenoxy) is 3. The molecule has 1 aromatic carbocycles. The average molecular weight is 476 g/mol. The number of carbonyl (C=O) groups is 2. The van der Waals surface area contributed by atoms with Gasteiger partial charge in [0, 0.05) is 18.3 Å². The van der Waals surface area contributed by atoms with Crippen molar-refractivity contribution in [2.45, 2.75) is 19.1 Å². The minimum Gasteiger partial charge on any atom is -0.497 e. The molecule has 2 N–H and O–H groups in total. The molecule has 1 fully saturated rings. The van der Waals surface area contributed by atoms with Gasteiger partial charge in [-0.05, 0) is 43.3 Å². The van der Waals surface area contributed by atoms with Gasteiger partial charge in [-0.25, -0.2) is 19.7 Å². The number of anilines is 2. The Morgan fingerprint density at radius 3 is 3.00 bits per heavy atom. The fourth-order valence-electron chi connectivity index (χ4n) is 3.84. The third-order valence-electron chi connectivity index (χ3n) is 5.60. The Labute approximate surface area is 201 Å². The van der Waals surface area contributed by atoms with Gasteiger partial charge in [0.2, 0.25) is 0 Å². The Kier molecular flexibility index (Phi) is 6.40. The number of pyridine rings is 1. The summed E-state index contributed by atoms with van der Waals surface area (Å²) in [5.41, 5.74) is 1.73. The van der Waals surface area contributed by atoms with Gasteiger partial charge in [0.1, 0.15) is 17.7 Å². The van der Waals surface area contributed by atoms with Crippen molar-refractivity contribution >= 4 is 23.6 Å². The highest BCUT2D eigenvalue weighted by atomic mass is 16.6. The van der Waals surface area contributed by atoms with E-state index in [1.54, 1.807) is 25.4 Å². The van der Waals surface area contributed by atoms with E-state index in [4.69, 9.17) is 14.2 Å². The molecule has 0 unspecified atom stereocenters. The molecule has 3 aromatic rings. The molecular weight excluding hydrogens is 452 g/mol.